The summed E-state index contributed by atoms with van der Waals surface area (Å²) >= 11 is 6.24. The molecule has 2 aliphatic heterocycles. The minimum atomic E-state index is -3.61. The van der Waals surface area contributed by atoms with Gasteiger partial charge < -0.3 is 9.42 Å². The molecule has 3 heterocycles. The summed E-state index contributed by atoms with van der Waals surface area (Å²) in [6.07, 6.45) is 2.36. The second kappa shape index (κ2) is 8.11. The summed E-state index contributed by atoms with van der Waals surface area (Å²) in [5.41, 5.74) is 1.05. The van der Waals surface area contributed by atoms with Gasteiger partial charge in [0.05, 0.1) is 10.6 Å². The molecule has 33 heavy (non-hydrogen) atoms. The Balaban J connectivity index is 1.30. The van der Waals surface area contributed by atoms with E-state index in [1.807, 2.05) is 17.0 Å². The molecule has 0 radical (unpaired) electrons. The van der Waals surface area contributed by atoms with E-state index < -0.39 is 10.0 Å². The van der Waals surface area contributed by atoms with Crippen LogP contribution in [0.4, 0.5) is 0 Å². The van der Waals surface area contributed by atoms with Gasteiger partial charge in [-0.3, -0.25) is 4.79 Å². The van der Waals surface area contributed by atoms with Crippen LogP contribution in [0.25, 0.3) is 10.8 Å². The van der Waals surface area contributed by atoms with Crippen molar-refractivity contribution in [1.82, 2.24) is 14.4 Å². The van der Waals surface area contributed by atoms with E-state index in [9.17, 15) is 13.2 Å². The SMILES string of the molecule is Cc1noc(C)c1C(=O)N1CCC2(CC1)CCN(S(=O)(=O)c1ccc3c(Cl)cccc3c1)C2. The van der Waals surface area contributed by atoms with Crippen LogP contribution in [-0.2, 0) is 10.0 Å². The molecule has 3 aromatic rings. The predicted molar refractivity (Wildman–Crippen MR) is 126 cm³/mol. The number of aromatic nitrogens is 1. The largest absolute Gasteiger partial charge is 0.361 e. The number of carbonyl (C=O) groups is 1. The van der Waals surface area contributed by atoms with Gasteiger partial charge in [-0.1, -0.05) is 35.0 Å². The molecule has 1 spiro atoms. The van der Waals surface area contributed by atoms with Gasteiger partial charge in [-0.2, -0.15) is 4.31 Å². The molecule has 5 rings (SSSR count). The molecular weight excluding hydrogens is 462 g/mol. The van der Waals surface area contributed by atoms with Crippen LogP contribution in [0.3, 0.4) is 0 Å². The average Bonchev–Trinajstić information content (AvgIpc) is 3.37. The summed E-state index contributed by atoms with van der Waals surface area (Å²) in [5.74, 6) is 0.478. The van der Waals surface area contributed by atoms with E-state index in [-0.39, 0.29) is 11.3 Å². The lowest BCUT2D eigenvalue weighted by Gasteiger charge is -2.39. The fourth-order valence-electron chi connectivity index (χ4n) is 5.17. The molecule has 1 aromatic heterocycles. The number of carbonyl (C=O) groups excluding carboxylic acids is 1. The summed E-state index contributed by atoms with van der Waals surface area (Å²) in [4.78, 5) is 15.1. The lowest BCUT2D eigenvalue weighted by atomic mass is 9.78. The highest BCUT2D eigenvalue weighted by Crippen LogP contribution is 2.42. The van der Waals surface area contributed by atoms with Crippen molar-refractivity contribution in [3.05, 3.63) is 58.4 Å². The summed E-state index contributed by atoms with van der Waals surface area (Å²) in [7, 11) is -3.61. The first-order valence-corrected chi connectivity index (χ1v) is 12.9. The third-order valence-corrected chi connectivity index (χ3v) is 9.37. The van der Waals surface area contributed by atoms with E-state index in [4.69, 9.17) is 16.1 Å². The number of aryl methyl sites for hydroxylation is 2. The fourth-order valence-corrected chi connectivity index (χ4v) is 7.00. The van der Waals surface area contributed by atoms with Crippen molar-refractivity contribution in [3.8, 4) is 0 Å². The smallest absolute Gasteiger partial charge is 0.259 e. The van der Waals surface area contributed by atoms with Gasteiger partial charge in [-0.15, -0.1) is 0 Å². The summed E-state index contributed by atoms with van der Waals surface area (Å²) in [6, 6.07) is 10.6. The van der Waals surface area contributed by atoms with Crippen LogP contribution in [-0.4, -0.2) is 54.9 Å². The fraction of sp³-hybridized carbons (Fsp3) is 0.417. The number of benzene rings is 2. The Morgan fingerprint density at radius 1 is 1.09 bits per heavy atom. The lowest BCUT2D eigenvalue weighted by molar-refractivity contribution is 0.0597. The Labute approximate surface area is 198 Å². The van der Waals surface area contributed by atoms with Gasteiger partial charge in [0.1, 0.15) is 11.3 Å². The topological polar surface area (TPSA) is 83.7 Å². The molecule has 2 aromatic carbocycles. The van der Waals surface area contributed by atoms with Crippen molar-refractivity contribution in [1.29, 1.82) is 0 Å². The lowest BCUT2D eigenvalue weighted by Crippen LogP contribution is -2.44. The van der Waals surface area contributed by atoms with E-state index in [1.165, 1.54) is 0 Å². The Bertz CT molecular complexity index is 1320. The third-order valence-electron chi connectivity index (χ3n) is 7.20. The number of fused-ring (bicyclic) bond motifs is 1. The van der Waals surface area contributed by atoms with Gasteiger partial charge in [0.15, 0.2) is 0 Å². The molecular formula is C24H26ClN3O4S. The Kier molecular flexibility index (Phi) is 5.50. The molecule has 0 saturated carbocycles. The van der Waals surface area contributed by atoms with Crippen molar-refractivity contribution in [2.75, 3.05) is 26.2 Å². The van der Waals surface area contributed by atoms with Crippen LogP contribution < -0.4 is 0 Å². The normalized spacial score (nSPS) is 18.9. The van der Waals surface area contributed by atoms with Crippen LogP contribution in [0, 0.1) is 19.3 Å². The first kappa shape index (κ1) is 22.4. The summed E-state index contributed by atoms with van der Waals surface area (Å²) in [5, 5.41) is 6.14. The maximum absolute atomic E-state index is 13.4. The van der Waals surface area contributed by atoms with Crippen LogP contribution in [0.15, 0.2) is 45.8 Å². The number of nitrogens with zero attached hydrogens (tertiary/aromatic N) is 3. The van der Waals surface area contributed by atoms with Gasteiger partial charge in [0, 0.05) is 36.6 Å². The van der Waals surface area contributed by atoms with Crippen LogP contribution in [0.1, 0.15) is 41.1 Å². The number of sulfonamides is 1. The second-order valence-electron chi connectivity index (χ2n) is 9.20. The van der Waals surface area contributed by atoms with E-state index in [0.29, 0.717) is 53.1 Å². The van der Waals surface area contributed by atoms with E-state index in [1.54, 1.807) is 42.4 Å². The monoisotopic (exact) mass is 487 g/mol. The number of amides is 1. The van der Waals surface area contributed by atoms with E-state index in [0.717, 1.165) is 30.0 Å². The standard InChI is InChI=1S/C24H26ClN3O4S/c1-16-22(17(2)32-26-16)23(29)27-11-8-24(9-12-27)10-13-28(15-24)33(30,31)19-6-7-20-18(14-19)4-3-5-21(20)25/h3-7,14H,8-13,15H2,1-2H3. The van der Waals surface area contributed by atoms with Crippen LogP contribution in [0.5, 0.6) is 0 Å². The minimum Gasteiger partial charge on any atom is -0.361 e. The molecule has 0 aliphatic carbocycles. The molecule has 0 atom stereocenters. The van der Waals surface area contributed by atoms with Crippen molar-refractivity contribution in [2.45, 2.75) is 38.0 Å². The van der Waals surface area contributed by atoms with Gasteiger partial charge in [-0.25, -0.2) is 8.42 Å². The highest BCUT2D eigenvalue weighted by Gasteiger charge is 2.45. The number of hydrogen-bond donors (Lipinski definition) is 0. The van der Waals surface area contributed by atoms with Crippen molar-refractivity contribution >= 4 is 38.3 Å². The zero-order valence-corrected chi connectivity index (χ0v) is 20.2. The number of likely N-dealkylation sites (tertiary alicyclic amines) is 1. The van der Waals surface area contributed by atoms with Crippen molar-refractivity contribution < 1.29 is 17.7 Å². The van der Waals surface area contributed by atoms with Gasteiger partial charge in [-0.05, 0) is 62.1 Å². The molecule has 174 valence electrons. The molecule has 7 nitrogen and oxygen atoms in total. The summed E-state index contributed by atoms with van der Waals surface area (Å²) in [6.45, 7) is 5.70. The Morgan fingerprint density at radius 3 is 2.52 bits per heavy atom. The van der Waals surface area contributed by atoms with Crippen molar-refractivity contribution in [2.24, 2.45) is 5.41 Å². The molecule has 0 N–H and O–H groups in total. The first-order valence-electron chi connectivity index (χ1n) is 11.1. The maximum atomic E-state index is 13.4. The second-order valence-corrected chi connectivity index (χ2v) is 11.5. The number of halogens is 1. The number of piperidine rings is 1. The predicted octanol–water partition coefficient (Wildman–Crippen LogP) is 4.42. The first-order chi connectivity index (χ1) is 15.7. The third kappa shape index (κ3) is 3.84. The zero-order chi connectivity index (χ0) is 23.4. The number of hydrogen-bond acceptors (Lipinski definition) is 5. The Hall–Kier alpha value is -2.42. The molecule has 0 unspecified atom stereocenters. The molecule has 2 fully saturated rings. The maximum Gasteiger partial charge on any atom is 0.259 e. The highest BCUT2D eigenvalue weighted by molar-refractivity contribution is 7.89. The minimum absolute atomic E-state index is 0.0570. The molecule has 0 bridgehead atoms. The van der Waals surface area contributed by atoms with E-state index in [2.05, 4.69) is 5.16 Å². The molecule has 2 saturated heterocycles. The van der Waals surface area contributed by atoms with E-state index >= 15 is 0 Å². The van der Waals surface area contributed by atoms with Gasteiger partial charge >= 0.3 is 0 Å². The quantitative estimate of drug-likeness (QED) is 0.546. The van der Waals surface area contributed by atoms with Crippen molar-refractivity contribution in [3.63, 3.8) is 0 Å². The molecule has 2 aliphatic rings. The van der Waals surface area contributed by atoms with Gasteiger partial charge in [0.2, 0.25) is 10.0 Å². The Morgan fingerprint density at radius 2 is 1.82 bits per heavy atom. The average molecular weight is 488 g/mol. The zero-order valence-electron chi connectivity index (χ0n) is 18.7. The van der Waals surface area contributed by atoms with Crippen LogP contribution in [0.2, 0.25) is 5.02 Å². The van der Waals surface area contributed by atoms with Crippen LogP contribution >= 0.6 is 11.6 Å². The highest BCUT2D eigenvalue weighted by atomic mass is 35.5. The molecule has 9 heteroatoms. The van der Waals surface area contributed by atoms with Gasteiger partial charge in [0.25, 0.3) is 5.91 Å². The molecule has 1 amide bonds. The summed E-state index contributed by atoms with van der Waals surface area (Å²) < 4.78 is 33.6. The number of rotatable bonds is 3.